The Morgan fingerprint density at radius 1 is 1.21 bits per heavy atom. The van der Waals surface area contributed by atoms with E-state index in [0.29, 0.717) is 17.5 Å². The van der Waals surface area contributed by atoms with E-state index in [1.54, 1.807) is 6.07 Å². The topological polar surface area (TPSA) is 32.8 Å². The molecule has 4 atom stereocenters. The van der Waals surface area contributed by atoms with Crippen LogP contribution in [0.5, 0.6) is 0 Å². The van der Waals surface area contributed by atoms with E-state index in [0.717, 1.165) is 45.8 Å². The number of hydrogen-bond acceptors (Lipinski definition) is 3. The summed E-state index contributed by atoms with van der Waals surface area (Å²) in [5.74, 6) is 0.552. The number of benzene rings is 1. The fourth-order valence-corrected chi connectivity index (χ4v) is 4.34. The third kappa shape index (κ3) is 2.95. The molecule has 4 nitrogen and oxygen atoms in total. The summed E-state index contributed by atoms with van der Waals surface area (Å²) in [6.07, 6.45) is 0.785. The number of carbonyl (C=O) groups excluding carboxylic acids is 1. The molecule has 0 unspecified atom stereocenters. The third-order valence-corrected chi connectivity index (χ3v) is 5.81. The average Bonchev–Trinajstić information content (AvgIpc) is 3.30. The van der Waals surface area contributed by atoms with Gasteiger partial charge in [0.15, 0.2) is 0 Å². The summed E-state index contributed by atoms with van der Waals surface area (Å²) in [4.78, 5) is 17.3. The molecule has 1 saturated carbocycles. The smallest absolute Gasteiger partial charge is 0.226 e. The van der Waals surface area contributed by atoms with Crippen LogP contribution >= 0.6 is 0 Å². The van der Waals surface area contributed by atoms with Gasteiger partial charge in [0.2, 0.25) is 5.91 Å². The molecule has 3 aliphatic rings. The van der Waals surface area contributed by atoms with Crippen LogP contribution in [0.15, 0.2) is 24.3 Å². The van der Waals surface area contributed by atoms with Crippen LogP contribution in [0.25, 0.3) is 0 Å². The van der Waals surface area contributed by atoms with Crippen molar-refractivity contribution in [3.05, 3.63) is 35.6 Å². The normalized spacial score (nSPS) is 33.7. The highest BCUT2D eigenvalue weighted by Gasteiger charge is 2.49. The van der Waals surface area contributed by atoms with Crippen molar-refractivity contribution in [1.29, 1.82) is 0 Å². The van der Waals surface area contributed by atoms with Gasteiger partial charge in [-0.05, 0) is 29.9 Å². The number of carbonyl (C=O) groups is 1. The van der Waals surface area contributed by atoms with Gasteiger partial charge in [0.25, 0.3) is 0 Å². The van der Waals surface area contributed by atoms with Gasteiger partial charge in [0.05, 0.1) is 13.2 Å². The van der Waals surface area contributed by atoms with E-state index in [4.69, 9.17) is 4.74 Å². The summed E-state index contributed by atoms with van der Waals surface area (Å²) in [5.41, 5.74) is 0.702. The van der Waals surface area contributed by atoms with Gasteiger partial charge in [-0.2, -0.15) is 0 Å². The Balaban J connectivity index is 1.39. The van der Waals surface area contributed by atoms with E-state index in [1.165, 1.54) is 6.07 Å². The lowest BCUT2D eigenvalue weighted by molar-refractivity contribution is -0.131. The quantitative estimate of drug-likeness (QED) is 0.850. The maximum Gasteiger partial charge on any atom is 0.226 e. The van der Waals surface area contributed by atoms with Gasteiger partial charge in [-0.3, -0.25) is 9.69 Å². The van der Waals surface area contributed by atoms with E-state index in [9.17, 15) is 9.18 Å². The molecule has 0 bridgehead atoms. The Kier molecular flexibility index (Phi) is 4.31. The van der Waals surface area contributed by atoms with Crippen molar-refractivity contribution < 1.29 is 13.9 Å². The summed E-state index contributed by atoms with van der Waals surface area (Å²) in [6, 6.07) is 7.29. The highest BCUT2D eigenvalue weighted by Crippen LogP contribution is 2.49. The maximum atomic E-state index is 13.9. The van der Waals surface area contributed by atoms with Gasteiger partial charge in [-0.1, -0.05) is 25.1 Å². The fourth-order valence-electron chi connectivity index (χ4n) is 4.34. The maximum absolute atomic E-state index is 13.9. The van der Waals surface area contributed by atoms with Crippen LogP contribution in [0.4, 0.5) is 4.39 Å². The summed E-state index contributed by atoms with van der Waals surface area (Å²) in [5, 5.41) is 0. The Labute approximate surface area is 142 Å². The van der Waals surface area contributed by atoms with Crippen molar-refractivity contribution >= 4 is 5.91 Å². The van der Waals surface area contributed by atoms with Crippen LogP contribution < -0.4 is 0 Å². The number of ether oxygens (including phenoxy) is 1. The summed E-state index contributed by atoms with van der Waals surface area (Å²) in [7, 11) is 0. The number of hydrogen-bond donors (Lipinski definition) is 0. The highest BCUT2D eigenvalue weighted by atomic mass is 19.1. The molecular weight excluding hydrogens is 307 g/mol. The number of rotatable bonds is 3. The van der Waals surface area contributed by atoms with Gasteiger partial charge >= 0.3 is 0 Å². The molecule has 1 aliphatic carbocycles. The molecule has 4 rings (SSSR count). The molecule has 2 heterocycles. The highest BCUT2D eigenvalue weighted by molar-refractivity contribution is 5.83. The molecule has 1 aromatic rings. The summed E-state index contributed by atoms with van der Waals surface area (Å²) >= 11 is 0. The number of amides is 1. The molecule has 5 heteroatoms. The first-order chi connectivity index (χ1) is 11.6. The van der Waals surface area contributed by atoms with E-state index in [2.05, 4.69) is 11.8 Å². The molecule has 2 aliphatic heterocycles. The lowest BCUT2D eigenvalue weighted by Gasteiger charge is -2.34. The zero-order chi connectivity index (χ0) is 16.7. The Morgan fingerprint density at radius 2 is 1.96 bits per heavy atom. The standard InChI is InChI=1S/C19H25FN2O2/c1-13-11-22(12-18(13)21-6-8-24-9-7-21)19(23)16-10-15(16)14-4-2-3-5-17(14)20/h2-5,13,15-16,18H,6-12H2,1H3/t13-,15+,16-,18+/m1/s1. The Hall–Kier alpha value is -1.46. The van der Waals surface area contributed by atoms with E-state index in [1.807, 2.05) is 17.0 Å². The van der Waals surface area contributed by atoms with Crippen LogP contribution in [0, 0.1) is 17.7 Å². The van der Waals surface area contributed by atoms with Gasteiger partial charge in [0, 0.05) is 38.1 Å². The Morgan fingerprint density at radius 3 is 2.71 bits per heavy atom. The second kappa shape index (κ2) is 6.45. The fraction of sp³-hybridized carbons (Fsp3) is 0.632. The average molecular weight is 332 g/mol. The van der Waals surface area contributed by atoms with E-state index >= 15 is 0 Å². The molecule has 24 heavy (non-hydrogen) atoms. The van der Waals surface area contributed by atoms with Gasteiger partial charge in [0.1, 0.15) is 5.82 Å². The number of morpholine rings is 1. The largest absolute Gasteiger partial charge is 0.379 e. The van der Waals surface area contributed by atoms with Crippen molar-refractivity contribution in [2.24, 2.45) is 11.8 Å². The second-order valence-corrected chi connectivity index (χ2v) is 7.41. The lowest BCUT2D eigenvalue weighted by atomic mass is 10.0. The lowest BCUT2D eigenvalue weighted by Crippen LogP contribution is -2.47. The van der Waals surface area contributed by atoms with Crippen LogP contribution in [-0.4, -0.2) is 61.1 Å². The minimum absolute atomic E-state index is 0.0301. The number of likely N-dealkylation sites (tertiary alicyclic amines) is 1. The molecule has 1 amide bonds. The zero-order valence-electron chi connectivity index (χ0n) is 14.2. The molecule has 1 aromatic carbocycles. The van der Waals surface area contributed by atoms with Gasteiger partial charge < -0.3 is 9.64 Å². The Bertz CT molecular complexity index is 617. The molecule has 2 saturated heterocycles. The van der Waals surface area contributed by atoms with Crippen molar-refractivity contribution in [3.8, 4) is 0 Å². The van der Waals surface area contributed by atoms with Gasteiger partial charge in [-0.25, -0.2) is 4.39 Å². The van der Waals surface area contributed by atoms with Crippen LogP contribution in [0.2, 0.25) is 0 Å². The predicted molar refractivity (Wildman–Crippen MR) is 89.2 cm³/mol. The zero-order valence-corrected chi connectivity index (χ0v) is 14.2. The van der Waals surface area contributed by atoms with Crippen molar-refractivity contribution in [2.75, 3.05) is 39.4 Å². The minimum Gasteiger partial charge on any atom is -0.379 e. The van der Waals surface area contributed by atoms with Gasteiger partial charge in [-0.15, -0.1) is 0 Å². The van der Waals surface area contributed by atoms with Crippen molar-refractivity contribution in [3.63, 3.8) is 0 Å². The first-order valence-electron chi connectivity index (χ1n) is 9.00. The number of halogens is 1. The molecule has 3 fully saturated rings. The molecule has 0 radical (unpaired) electrons. The van der Waals surface area contributed by atoms with Crippen molar-refractivity contribution in [1.82, 2.24) is 9.80 Å². The molecule has 0 spiro atoms. The SMILES string of the molecule is C[C@@H]1CN(C(=O)[C@@H]2C[C@H]2c2ccccc2F)C[C@@H]1N1CCOCC1. The van der Waals surface area contributed by atoms with E-state index in [-0.39, 0.29) is 23.6 Å². The molecule has 0 aromatic heterocycles. The molecular formula is C19H25FN2O2. The first kappa shape index (κ1) is 16.0. The second-order valence-electron chi connectivity index (χ2n) is 7.41. The summed E-state index contributed by atoms with van der Waals surface area (Å²) < 4.78 is 19.4. The monoisotopic (exact) mass is 332 g/mol. The van der Waals surface area contributed by atoms with Crippen LogP contribution in [0.1, 0.15) is 24.8 Å². The summed E-state index contributed by atoms with van der Waals surface area (Å²) in [6.45, 7) is 7.34. The molecule has 0 N–H and O–H groups in total. The van der Waals surface area contributed by atoms with E-state index < -0.39 is 0 Å². The number of nitrogens with zero attached hydrogens (tertiary/aromatic N) is 2. The predicted octanol–water partition coefficient (Wildman–Crippen LogP) is 2.11. The van der Waals surface area contributed by atoms with Crippen LogP contribution in [0.3, 0.4) is 0 Å². The van der Waals surface area contributed by atoms with Crippen LogP contribution in [-0.2, 0) is 9.53 Å². The third-order valence-electron chi connectivity index (χ3n) is 5.81. The minimum atomic E-state index is -0.182. The van der Waals surface area contributed by atoms with Crippen molar-refractivity contribution in [2.45, 2.75) is 25.3 Å². The first-order valence-corrected chi connectivity index (χ1v) is 9.00. The molecule has 130 valence electrons.